The molecule has 1 unspecified atom stereocenters. The third-order valence-corrected chi connectivity index (χ3v) is 6.54. The van der Waals surface area contributed by atoms with E-state index in [0.717, 1.165) is 30.1 Å². The van der Waals surface area contributed by atoms with Crippen molar-refractivity contribution in [2.24, 2.45) is 17.6 Å². The first kappa shape index (κ1) is 19.6. The van der Waals surface area contributed by atoms with E-state index in [2.05, 4.69) is 6.07 Å². The molecule has 3 N–H and O–H groups in total. The second kappa shape index (κ2) is 10.3. The molecule has 0 saturated heterocycles. The normalized spacial score (nSPS) is 18.5. The number of hydrogen-bond acceptors (Lipinski definition) is 4. The molecular weight excluding hydrogens is 318 g/mol. The molecule has 0 aromatic carbocycles. The van der Waals surface area contributed by atoms with Gasteiger partial charge in [0.1, 0.15) is 6.23 Å². The van der Waals surface area contributed by atoms with Crippen molar-refractivity contribution >= 4 is 17.1 Å². The summed E-state index contributed by atoms with van der Waals surface area (Å²) >= 11 is 1.61. The third kappa shape index (κ3) is 6.66. The van der Waals surface area contributed by atoms with E-state index < -0.39 is 6.23 Å². The van der Waals surface area contributed by atoms with Crippen LogP contribution >= 0.6 is 11.3 Å². The quantitative estimate of drug-likeness (QED) is 0.357. The van der Waals surface area contributed by atoms with E-state index >= 15 is 0 Å². The maximum absolute atomic E-state index is 12.3. The molecule has 136 valence electrons. The number of unbranched alkanes of at least 4 members (excludes halogenated alkanes) is 1. The molecule has 1 aromatic rings. The molecule has 1 aliphatic rings. The molecule has 0 radical (unpaired) electrons. The molecular formula is C20H33NO2S. The van der Waals surface area contributed by atoms with Gasteiger partial charge < -0.3 is 10.8 Å². The molecule has 2 atom stereocenters. The van der Waals surface area contributed by atoms with Crippen molar-refractivity contribution in [3.63, 3.8) is 0 Å². The van der Waals surface area contributed by atoms with Gasteiger partial charge in [0.2, 0.25) is 0 Å². The van der Waals surface area contributed by atoms with Crippen molar-refractivity contribution in [3.05, 3.63) is 21.9 Å². The lowest BCUT2D eigenvalue weighted by molar-refractivity contribution is 0.0982. The summed E-state index contributed by atoms with van der Waals surface area (Å²) in [5.74, 6) is 1.30. The van der Waals surface area contributed by atoms with Gasteiger partial charge in [0, 0.05) is 11.3 Å². The van der Waals surface area contributed by atoms with Crippen LogP contribution in [-0.2, 0) is 6.42 Å². The standard InChI is InChI=1S/C20H33NO2S/c1-15(20(21)23)11-12-17-13-14-19(24-17)18(22)10-6-5-9-16-7-3-2-4-8-16/h13-16,20,23H,2-12,21H2,1H3/t15-,20?/m1/s1. The van der Waals surface area contributed by atoms with Crippen molar-refractivity contribution < 1.29 is 9.90 Å². The van der Waals surface area contributed by atoms with Crippen LogP contribution in [0.25, 0.3) is 0 Å². The number of aliphatic hydroxyl groups excluding tert-OH is 1. The van der Waals surface area contributed by atoms with Gasteiger partial charge in [0.05, 0.1) is 4.88 Å². The maximum Gasteiger partial charge on any atom is 0.172 e. The van der Waals surface area contributed by atoms with Gasteiger partial charge in [-0.2, -0.15) is 0 Å². The number of thiophene rings is 1. The summed E-state index contributed by atoms with van der Waals surface area (Å²) in [4.78, 5) is 14.4. The second-order valence-electron chi connectivity index (χ2n) is 7.45. The molecule has 1 heterocycles. The highest BCUT2D eigenvalue weighted by Crippen LogP contribution is 2.28. The van der Waals surface area contributed by atoms with E-state index in [1.165, 1.54) is 49.8 Å². The fourth-order valence-corrected chi connectivity index (χ4v) is 4.51. The van der Waals surface area contributed by atoms with Crippen LogP contribution in [0, 0.1) is 11.8 Å². The average Bonchev–Trinajstić information content (AvgIpc) is 3.06. The number of aliphatic hydroxyl groups is 1. The van der Waals surface area contributed by atoms with Gasteiger partial charge in [-0.3, -0.25) is 4.79 Å². The number of nitrogens with two attached hydrogens (primary N) is 1. The van der Waals surface area contributed by atoms with E-state index in [0.29, 0.717) is 12.2 Å². The molecule has 1 aliphatic carbocycles. The van der Waals surface area contributed by atoms with Crippen LogP contribution in [-0.4, -0.2) is 17.1 Å². The molecule has 0 amide bonds. The Labute approximate surface area is 150 Å². The molecule has 1 aromatic heterocycles. The van der Waals surface area contributed by atoms with E-state index in [9.17, 15) is 9.90 Å². The average molecular weight is 352 g/mol. The maximum atomic E-state index is 12.3. The van der Waals surface area contributed by atoms with Crippen LogP contribution in [0.15, 0.2) is 12.1 Å². The van der Waals surface area contributed by atoms with Gasteiger partial charge in [-0.25, -0.2) is 0 Å². The number of aryl methyl sites for hydroxylation is 1. The Bertz CT molecular complexity index is 492. The highest BCUT2D eigenvalue weighted by molar-refractivity contribution is 7.14. The molecule has 0 bridgehead atoms. The zero-order valence-electron chi connectivity index (χ0n) is 15.0. The van der Waals surface area contributed by atoms with Gasteiger partial charge in [-0.1, -0.05) is 51.9 Å². The Balaban J connectivity index is 1.65. The van der Waals surface area contributed by atoms with Gasteiger partial charge >= 0.3 is 0 Å². The van der Waals surface area contributed by atoms with Crippen LogP contribution in [0.3, 0.4) is 0 Å². The van der Waals surface area contributed by atoms with Crippen molar-refractivity contribution in [1.29, 1.82) is 0 Å². The van der Waals surface area contributed by atoms with E-state index in [-0.39, 0.29) is 5.92 Å². The molecule has 0 aliphatic heterocycles. The minimum absolute atomic E-state index is 0.0889. The Morgan fingerprint density at radius 1 is 1.29 bits per heavy atom. The van der Waals surface area contributed by atoms with Gasteiger partial charge in [0.15, 0.2) is 5.78 Å². The molecule has 24 heavy (non-hydrogen) atoms. The molecule has 1 saturated carbocycles. The van der Waals surface area contributed by atoms with Crippen molar-refractivity contribution in [1.82, 2.24) is 0 Å². The van der Waals surface area contributed by atoms with Crippen LogP contribution in [0.5, 0.6) is 0 Å². The van der Waals surface area contributed by atoms with E-state index in [1.54, 1.807) is 11.3 Å². The molecule has 4 heteroatoms. The Hall–Kier alpha value is -0.710. The molecule has 1 fully saturated rings. The highest BCUT2D eigenvalue weighted by Gasteiger charge is 2.14. The Kier molecular flexibility index (Phi) is 8.43. The lowest BCUT2D eigenvalue weighted by Gasteiger charge is -2.21. The predicted octanol–water partition coefficient (Wildman–Crippen LogP) is 4.92. The number of ketones is 1. The van der Waals surface area contributed by atoms with Crippen molar-refractivity contribution in [2.45, 2.75) is 83.8 Å². The Morgan fingerprint density at radius 3 is 2.75 bits per heavy atom. The van der Waals surface area contributed by atoms with E-state index in [1.807, 2.05) is 13.0 Å². The molecule has 2 rings (SSSR count). The summed E-state index contributed by atoms with van der Waals surface area (Å²) in [6.07, 6.45) is 12.2. The van der Waals surface area contributed by atoms with Crippen molar-refractivity contribution in [2.75, 3.05) is 0 Å². The smallest absolute Gasteiger partial charge is 0.172 e. The van der Waals surface area contributed by atoms with E-state index in [4.69, 9.17) is 5.73 Å². The fraction of sp³-hybridized carbons (Fsp3) is 0.750. The SMILES string of the molecule is C[C@H](CCc1ccc(C(=O)CCCCC2CCCCC2)s1)C(N)O. The second-order valence-corrected chi connectivity index (χ2v) is 8.61. The zero-order chi connectivity index (χ0) is 17.4. The Morgan fingerprint density at radius 2 is 2.04 bits per heavy atom. The minimum Gasteiger partial charge on any atom is -0.379 e. The first-order valence-corrected chi connectivity index (χ1v) is 10.4. The van der Waals surface area contributed by atoms with Crippen LogP contribution < -0.4 is 5.73 Å². The zero-order valence-corrected chi connectivity index (χ0v) is 15.8. The summed E-state index contributed by atoms with van der Waals surface area (Å²) in [5.41, 5.74) is 5.48. The molecule has 0 spiro atoms. The largest absolute Gasteiger partial charge is 0.379 e. The fourth-order valence-electron chi connectivity index (χ4n) is 3.52. The number of Topliss-reactive ketones (excluding diaryl/α,β-unsaturated/α-hetero) is 1. The van der Waals surface area contributed by atoms with Gasteiger partial charge in [-0.05, 0) is 43.2 Å². The minimum atomic E-state index is -0.754. The highest BCUT2D eigenvalue weighted by atomic mass is 32.1. The first-order valence-electron chi connectivity index (χ1n) is 9.62. The monoisotopic (exact) mass is 351 g/mol. The van der Waals surface area contributed by atoms with Crippen LogP contribution in [0.2, 0.25) is 0 Å². The number of carbonyl (C=O) groups excluding carboxylic acids is 1. The van der Waals surface area contributed by atoms with Gasteiger partial charge in [0.25, 0.3) is 0 Å². The topological polar surface area (TPSA) is 63.3 Å². The van der Waals surface area contributed by atoms with Crippen LogP contribution in [0.1, 0.15) is 85.7 Å². The summed E-state index contributed by atoms with van der Waals surface area (Å²) in [6, 6.07) is 4.02. The number of carbonyl (C=O) groups is 1. The lowest BCUT2D eigenvalue weighted by Crippen LogP contribution is -2.27. The molecule has 3 nitrogen and oxygen atoms in total. The summed E-state index contributed by atoms with van der Waals surface area (Å²) in [5, 5.41) is 9.33. The predicted molar refractivity (Wildman–Crippen MR) is 101 cm³/mol. The third-order valence-electron chi connectivity index (χ3n) is 5.36. The lowest BCUT2D eigenvalue weighted by atomic mass is 9.85. The summed E-state index contributed by atoms with van der Waals surface area (Å²) in [7, 11) is 0. The van der Waals surface area contributed by atoms with Crippen LogP contribution in [0.4, 0.5) is 0 Å². The number of rotatable bonds is 10. The first-order chi connectivity index (χ1) is 11.6. The van der Waals surface area contributed by atoms with Gasteiger partial charge in [-0.15, -0.1) is 11.3 Å². The summed E-state index contributed by atoms with van der Waals surface area (Å²) in [6.45, 7) is 1.96. The number of hydrogen-bond donors (Lipinski definition) is 2. The summed E-state index contributed by atoms with van der Waals surface area (Å²) < 4.78 is 0. The van der Waals surface area contributed by atoms with Crippen molar-refractivity contribution in [3.8, 4) is 0 Å².